The van der Waals surface area contributed by atoms with Crippen LogP contribution in [0, 0.1) is 10.1 Å². The third kappa shape index (κ3) is 6.28. The molecule has 4 rings (SSSR count). The van der Waals surface area contributed by atoms with E-state index in [1.165, 1.54) is 47.4 Å². The van der Waals surface area contributed by atoms with Crippen molar-refractivity contribution >= 4 is 63.0 Å². The lowest BCUT2D eigenvalue weighted by molar-refractivity contribution is -0.384. The molecule has 2 amide bonds. The van der Waals surface area contributed by atoms with Crippen molar-refractivity contribution in [1.29, 1.82) is 0 Å². The standard InChI is InChI=1S/C25H19ClN4O4S2/c1-15(23(31)29-25-28-22(14-35-25)20-10-2-3-11-21(20)26)36-19-9-5-7-17(13-19)27-24(32)16-6-4-8-18(12-16)30(33)34/h2-15H,1H3,(H,27,32)(H,28,29,31). The molecule has 1 atom stereocenters. The lowest BCUT2D eigenvalue weighted by Gasteiger charge is -2.12. The molecule has 0 aliphatic carbocycles. The number of nitrogens with zero attached hydrogens (tertiary/aromatic N) is 2. The van der Waals surface area contributed by atoms with Gasteiger partial charge < -0.3 is 10.6 Å². The normalized spacial score (nSPS) is 11.5. The van der Waals surface area contributed by atoms with Crippen LogP contribution in [0.3, 0.4) is 0 Å². The first-order valence-electron chi connectivity index (χ1n) is 10.6. The summed E-state index contributed by atoms with van der Waals surface area (Å²) in [4.78, 5) is 40.9. The number of hydrogen-bond donors (Lipinski definition) is 2. The van der Waals surface area contributed by atoms with E-state index in [1.54, 1.807) is 31.2 Å². The molecule has 1 heterocycles. The number of carbonyl (C=O) groups excluding carboxylic acids is 2. The predicted molar refractivity (Wildman–Crippen MR) is 144 cm³/mol. The van der Waals surface area contributed by atoms with Gasteiger partial charge in [0.05, 0.1) is 15.9 Å². The fraction of sp³-hybridized carbons (Fsp3) is 0.0800. The number of hydrogen-bond acceptors (Lipinski definition) is 7. The Balaban J connectivity index is 1.38. The van der Waals surface area contributed by atoms with Crippen molar-refractivity contribution in [2.75, 3.05) is 10.6 Å². The molecule has 3 aromatic carbocycles. The van der Waals surface area contributed by atoms with Crippen molar-refractivity contribution in [3.63, 3.8) is 0 Å². The number of thiazole rings is 1. The highest BCUT2D eigenvalue weighted by atomic mass is 35.5. The second-order valence-electron chi connectivity index (χ2n) is 7.56. The van der Waals surface area contributed by atoms with Gasteiger partial charge in [0.2, 0.25) is 5.91 Å². The number of non-ortho nitro benzene ring substituents is 1. The molecule has 0 saturated heterocycles. The zero-order valence-electron chi connectivity index (χ0n) is 18.8. The summed E-state index contributed by atoms with van der Waals surface area (Å²) in [6.07, 6.45) is 0. The van der Waals surface area contributed by atoms with E-state index < -0.39 is 16.1 Å². The molecular formula is C25H19ClN4O4S2. The predicted octanol–water partition coefficient (Wildman–Crippen LogP) is 6.74. The SMILES string of the molecule is CC(Sc1cccc(NC(=O)c2cccc([N+](=O)[O-])c2)c1)C(=O)Nc1nc(-c2ccccc2Cl)cs1. The molecule has 0 saturated carbocycles. The van der Waals surface area contributed by atoms with Gasteiger partial charge in [0.15, 0.2) is 5.13 Å². The number of thioether (sulfide) groups is 1. The molecule has 0 bridgehead atoms. The summed E-state index contributed by atoms with van der Waals surface area (Å²) in [5.74, 6) is -0.684. The number of benzene rings is 3. The summed E-state index contributed by atoms with van der Waals surface area (Å²) < 4.78 is 0. The highest BCUT2D eigenvalue weighted by molar-refractivity contribution is 8.00. The number of rotatable bonds is 8. The van der Waals surface area contributed by atoms with Crippen molar-refractivity contribution in [2.45, 2.75) is 17.1 Å². The van der Waals surface area contributed by atoms with E-state index >= 15 is 0 Å². The maximum Gasteiger partial charge on any atom is 0.270 e. The molecule has 0 radical (unpaired) electrons. The van der Waals surface area contributed by atoms with Crippen LogP contribution in [0.2, 0.25) is 5.02 Å². The van der Waals surface area contributed by atoms with Crippen LogP contribution in [0.25, 0.3) is 11.3 Å². The zero-order valence-corrected chi connectivity index (χ0v) is 21.2. The van der Waals surface area contributed by atoms with Crippen LogP contribution in [-0.2, 0) is 4.79 Å². The Labute approximate surface area is 219 Å². The summed E-state index contributed by atoms with van der Waals surface area (Å²) in [7, 11) is 0. The van der Waals surface area contributed by atoms with Gasteiger partial charge in [-0.15, -0.1) is 23.1 Å². The van der Waals surface area contributed by atoms with E-state index in [0.29, 0.717) is 21.5 Å². The fourth-order valence-electron chi connectivity index (χ4n) is 3.20. The summed E-state index contributed by atoms with van der Waals surface area (Å²) in [5.41, 5.74) is 2.00. The quantitative estimate of drug-likeness (QED) is 0.146. The molecule has 36 heavy (non-hydrogen) atoms. The van der Waals surface area contributed by atoms with Crippen LogP contribution in [0.15, 0.2) is 83.1 Å². The first-order valence-corrected chi connectivity index (χ1v) is 12.8. The molecule has 1 aromatic heterocycles. The van der Waals surface area contributed by atoms with Crippen LogP contribution in [0.4, 0.5) is 16.5 Å². The highest BCUT2D eigenvalue weighted by Crippen LogP contribution is 2.31. The molecule has 2 N–H and O–H groups in total. The van der Waals surface area contributed by atoms with Gasteiger partial charge in [-0.3, -0.25) is 19.7 Å². The summed E-state index contributed by atoms with van der Waals surface area (Å²) in [5, 5.41) is 19.0. The highest BCUT2D eigenvalue weighted by Gasteiger charge is 2.18. The van der Waals surface area contributed by atoms with Gasteiger partial charge in [-0.1, -0.05) is 41.9 Å². The van der Waals surface area contributed by atoms with Crippen molar-refractivity contribution in [2.24, 2.45) is 0 Å². The second-order valence-corrected chi connectivity index (χ2v) is 10.2. The number of aromatic nitrogens is 1. The Morgan fingerprint density at radius 3 is 2.61 bits per heavy atom. The lowest BCUT2D eigenvalue weighted by Crippen LogP contribution is -2.22. The Hall–Kier alpha value is -3.73. The number of nitro groups is 1. The van der Waals surface area contributed by atoms with E-state index in [-0.39, 0.29) is 17.2 Å². The van der Waals surface area contributed by atoms with Crippen molar-refractivity contribution < 1.29 is 14.5 Å². The average Bonchev–Trinajstić information content (AvgIpc) is 3.32. The molecule has 4 aromatic rings. The first-order chi connectivity index (χ1) is 17.3. The van der Waals surface area contributed by atoms with Crippen molar-refractivity contribution in [3.8, 4) is 11.3 Å². The van der Waals surface area contributed by atoms with Gasteiger partial charge in [0.1, 0.15) is 0 Å². The number of carbonyl (C=O) groups is 2. The molecule has 182 valence electrons. The fourth-order valence-corrected chi connectivity index (χ4v) is 5.07. The molecule has 1 unspecified atom stereocenters. The molecular weight excluding hydrogens is 520 g/mol. The molecule has 0 spiro atoms. The van der Waals surface area contributed by atoms with E-state index in [2.05, 4.69) is 15.6 Å². The first kappa shape index (κ1) is 25.4. The van der Waals surface area contributed by atoms with Crippen LogP contribution in [0.1, 0.15) is 17.3 Å². The monoisotopic (exact) mass is 538 g/mol. The lowest BCUT2D eigenvalue weighted by atomic mass is 10.2. The third-order valence-electron chi connectivity index (χ3n) is 4.98. The molecule has 0 aliphatic rings. The molecule has 11 heteroatoms. The third-order valence-corrected chi connectivity index (χ3v) is 7.16. The number of nitro benzene ring substituents is 1. The maximum absolute atomic E-state index is 12.7. The number of nitrogens with one attached hydrogen (secondary N) is 2. The Morgan fingerprint density at radius 1 is 1.06 bits per heavy atom. The van der Waals surface area contributed by atoms with E-state index in [1.807, 2.05) is 29.6 Å². The maximum atomic E-state index is 12.7. The van der Waals surface area contributed by atoms with Crippen LogP contribution in [-0.4, -0.2) is 27.0 Å². The van der Waals surface area contributed by atoms with Crippen LogP contribution >= 0.6 is 34.7 Å². The van der Waals surface area contributed by atoms with E-state index in [0.717, 1.165) is 10.5 Å². The summed E-state index contributed by atoms with van der Waals surface area (Å²) in [6.45, 7) is 1.77. The van der Waals surface area contributed by atoms with Crippen LogP contribution in [0.5, 0.6) is 0 Å². The Morgan fingerprint density at radius 2 is 1.83 bits per heavy atom. The van der Waals surface area contributed by atoms with Gasteiger partial charge in [-0.05, 0) is 37.3 Å². The Bertz CT molecular complexity index is 1440. The number of amides is 2. The Kier molecular flexibility index (Phi) is 7.99. The van der Waals surface area contributed by atoms with Gasteiger partial charge >= 0.3 is 0 Å². The smallest absolute Gasteiger partial charge is 0.270 e. The van der Waals surface area contributed by atoms with Gasteiger partial charge in [-0.2, -0.15) is 0 Å². The van der Waals surface area contributed by atoms with Crippen molar-refractivity contribution in [3.05, 3.63) is 98.9 Å². The molecule has 0 fully saturated rings. The topological polar surface area (TPSA) is 114 Å². The molecule has 0 aliphatic heterocycles. The average molecular weight is 539 g/mol. The largest absolute Gasteiger partial charge is 0.322 e. The number of anilines is 2. The van der Waals surface area contributed by atoms with Gasteiger partial charge in [0.25, 0.3) is 11.6 Å². The van der Waals surface area contributed by atoms with E-state index in [4.69, 9.17) is 11.6 Å². The second kappa shape index (κ2) is 11.3. The van der Waals surface area contributed by atoms with Crippen molar-refractivity contribution in [1.82, 2.24) is 4.98 Å². The minimum atomic E-state index is -0.552. The minimum Gasteiger partial charge on any atom is -0.322 e. The van der Waals surface area contributed by atoms with Crippen LogP contribution < -0.4 is 10.6 Å². The van der Waals surface area contributed by atoms with E-state index in [9.17, 15) is 19.7 Å². The minimum absolute atomic E-state index is 0.161. The summed E-state index contributed by atoms with van der Waals surface area (Å²) >= 11 is 8.87. The molecule has 8 nitrogen and oxygen atoms in total. The zero-order chi connectivity index (χ0) is 25.7. The van der Waals surface area contributed by atoms with Gasteiger partial charge in [0, 0.05) is 44.2 Å². The number of halogens is 1. The van der Waals surface area contributed by atoms with Gasteiger partial charge in [-0.25, -0.2) is 4.98 Å². The summed E-state index contributed by atoms with van der Waals surface area (Å²) in [6, 6.07) is 19.9.